The van der Waals surface area contributed by atoms with Crippen LogP contribution in [-0.4, -0.2) is 17.0 Å². The number of hydrogen-bond acceptors (Lipinski definition) is 4. The Morgan fingerprint density at radius 3 is 2.65 bits per heavy atom. The minimum absolute atomic E-state index is 0.289. The molecule has 106 valence electrons. The van der Waals surface area contributed by atoms with Crippen LogP contribution in [0.15, 0.2) is 29.0 Å². The van der Waals surface area contributed by atoms with Crippen LogP contribution in [-0.2, 0) is 6.42 Å². The van der Waals surface area contributed by atoms with Gasteiger partial charge in [0.1, 0.15) is 23.8 Å². The summed E-state index contributed by atoms with van der Waals surface area (Å²) >= 11 is 3.18. The first-order chi connectivity index (χ1) is 9.65. The fourth-order valence-corrected chi connectivity index (χ4v) is 2.31. The van der Waals surface area contributed by atoms with Crippen LogP contribution in [0.3, 0.4) is 0 Å². The molecule has 1 aromatic heterocycles. The maximum Gasteiger partial charge on any atom is 0.139 e. The molecule has 1 heterocycles. The molecule has 2 aromatic rings. The molecule has 0 aliphatic rings. The van der Waals surface area contributed by atoms with Crippen LogP contribution >= 0.6 is 15.9 Å². The van der Waals surface area contributed by atoms with Gasteiger partial charge in [-0.1, -0.05) is 13.3 Å². The van der Waals surface area contributed by atoms with Crippen LogP contribution < -0.4 is 10.6 Å². The molecule has 2 rings (SSSR count). The van der Waals surface area contributed by atoms with Crippen molar-refractivity contribution >= 4 is 33.3 Å². The fourth-order valence-electron chi connectivity index (χ4n) is 1.93. The number of halogens is 2. The van der Waals surface area contributed by atoms with Crippen molar-refractivity contribution in [3.63, 3.8) is 0 Å². The van der Waals surface area contributed by atoms with Gasteiger partial charge in [0.15, 0.2) is 0 Å². The second-order valence-electron chi connectivity index (χ2n) is 4.30. The lowest BCUT2D eigenvalue weighted by Gasteiger charge is -2.13. The van der Waals surface area contributed by atoms with Crippen LogP contribution in [0, 0.1) is 5.82 Å². The van der Waals surface area contributed by atoms with E-state index in [1.54, 1.807) is 12.1 Å². The van der Waals surface area contributed by atoms with E-state index in [1.807, 2.05) is 7.05 Å². The van der Waals surface area contributed by atoms with Crippen molar-refractivity contribution in [3.8, 4) is 0 Å². The molecule has 0 saturated carbocycles. The second-order valence-corrected chi connectivity index (χ2v) is 5.16. The average molecular weight is 339 g/mol. The van der Waals surface area contributed by atoms with Crippen LogP contribution in [0.2, 0.25) is 0 Å². The van der Waals surface area contributed by atoms with E-state index in [2.05, 4.69) is 43.5 Å². The molecule has 0 atom stereocenters. The number of rotatable bonds is 5. The molecule has 1 aromatic carbocycles. The number of nitrogens with zero attached hydrogens (tertiary/aromatic N) is 2. The third-order valence-corrected chi connectivity index (χ3v) is 3.47. The van der Waals surface area contributed by atoms with Gasteiger partial charge in [-0.3, -0.25) is 0 Å². The van der Waals surface area contributed by atoms with Gasteiger partial charge in [0.05, 0.1) is 4.47 Å². The van der Waals surface area contributed by atoms with Crippen LogP contribution in [0.1, 0.15) is 18.9 Å². The molecule has 0 saturated heterocycles. The summed E-state index contributed by atoms with van der Waals surface area (Å²) in [6.45, 7) is 2.10. The minimum Gasteiger partial charge on any atom is -0.373 e. The molecular formula is C14H16BrFN4. The lowest BCUT2D eigenvalue weighted by Crippen LogP contribution is -2.05. The number of hydrogen-bond donors (Lipinski definition) is 2. The smallest absolute Gasteiger partial charge is 0.139 e. The van der Waals surface area contributed by atoms with E-state index in [9.17, 15) is 4.39 Å². The summed E-state index contributed by atoms with van der Waals surface area (Å²) in [6.07, 6.45) is 3.36. The number of benzene rings is 1. The van der Waals surface area contributed by atoms with Crippen molar-refractivity contribution in [3.05, 3.63) is 40.4 Å². The number of anilines is 3. The zero-order chi connectivity index (χ0) is 14.5. The van der Waals surface area contributed by atoms with E-state index in [-0.39, 0.29) is 5.82 Å². The minimum atomic E-state index is -0.289. The predicted octanol–water partition coefficient (Wildman–Crippen LogP) is 4.12. The predicted molar refractivity (Wildman–Crippen MR) is 83.0 cm³/mol. The lowest BCUT2D eigenvalue weighted by molar-refractivity contribution is 0.621. The maximum atomic E-state index is 13.2. The number of nitrogens with one attached hydrogen (secondary N) is 2. The summed E-state index contributed by atoms with van der Waals surface area (Å²) in [5.41, 5.74) is 1.80. The van der Waals surface area contributed by atoms with Gasteiger partial charge in [-0.15, -0.1) is 0 Å². The van der Waals surface area contributed by atoms with E-state index in [0.29, 0.717) is 4.47 Å². The monoisotopic (exact) mass is 338 g/mol. The second kappa shape index (κ2) is 6.65. The maximum absolute atomic E-state index is 13.2. The van der Waals surface area contributed by atoms with E-state index >= 15 is 0 Å². The van der Waals surface area contributed by atoms with E-state index in [0.717, 1.165) is 35.7 Å². The van der Waals surface area contributed by atoms with Crippen molar-refractivity contribution in [1.29, 1.82) is 0 Å². The summed E-state index contributed by atoms with van der Waals surface area (Å²) in [6, 6.07) is 4.77. The molecule has 20 heavy (non-hydrogen) atoms. The summed E-state index contributed by atoms with van der Waals surface area (Å²) in [4.78, 5) is 8.50. The molecule has 4 nitrogen and oxygen atoms in total. The molecular weight excluding hydrogens is 323 g/mol. The topological polar surface area (TPSA) is 49.8 Å². The first kappa shape index (κ1) is 14.7. The third-order valence-electron chi connectivity index (χ3n) is 2.86. The van der Waals surface area contributed by atoms with Gasteiger partial charge in [-0.25, -0.2) is 14.4 Å². The lowest BCUT2D eigenvalue weighted by atomic mass is 10.1. The van der Waals surface area contributed by atoms with Crippen LogP contribution in [0.25, 0.3) is 0 Å². The summed E-state index contributed by atoms with van der Waals surface area (Å²) in [7, 11) is 1.83. The molecule has 0 unspecified atom stereocenters. The quantitative estimate of drug-likeness (QED) is 0.861. The summed E-state index contributed by atoms with van der Waals surface area (Å²) in [5, 5.41) is 6.28. The van der Waals surface area contributed by atoms with Crippen LogP contribution in [0.5, 0.6) is 0 Å². The molecule has 0 radical (unpaired) electrons. The van der Waals surface area contributed by atoms with Gasteiger partial charge in [0, 0.05) is 18.3 Å². The Hall–Kier alpha value is -1.69. The molecule has 0 bridgehead atoms. The van der Waals surface area contributed by atoms with E-state index in [1.165, 1.54) is 12.4 Å². The zero-order valence-electron chi connectivity index (χ0n) is 11.4. The normalized spacial score (nSPS) is 10.4. The van der Waals surface area contributed by atoms with Crippen LogP contribution in [0.4, 0.5) is 21.7 Å². The zero-order valence-corrected chi connectivity index (χ0v) is 13.0. The molecule has 0 amide bonds. The van der Waals surface area contributed by atoms with Gasteiger partial charge in [0.25, 0.3) is 0 Å². The molecule has 0 aliphatic carbocycles. The Labute approximate surface area is 126 Å². The molecule has 0 fully saturated rings. The Bertz CT molecular complexity index is 604. The molecule has 2 N–H and O–H groups in total. The Morgan fingerprint density at radius 2 is 2.00 bits per heavy atom. The highest BCUT2D eigenvalue weighted by Gasteiger charge is 2.10. The first-order valence-corrected chi connectivity index (χ1v) is 7.18. The van der Waals surface area contributed by atoms with Gasteiger partial charge in [0.2, 0.25) is 0 Å². The molecule has 0 spiro atoms. The van der Waals surface area contributed by atoms with Crippen molar-refractivity contribution in [2.75, 3.05) is 17.7 Å². The highest BCUT2D eigenvalue weighted by atomic mass is 79.9. The molecule has 0 aliphatic heterocycles. The standard InChI is InChI=1S/C14H16BrFN4/c1-3-4-10-13(17-2)18-8-19-14(10)20-9-5-6-12(16)11(15)7-9/h5-8H,3-4H2,1-2H3,(H2,17,18,19,20). The highest BCUT2D eigenvalue weighted by molar-refractivity contribution is 9.10. The average Bonchev–Trinajstić information content (AvgIpc) is 2.45. The van der Waals surface area contributed by atoms with Crippen molar-refractivity contribution in [2.45, 2.75) is 19.8 Å². The van der Waals surface area contributed by atoms with E-state index in [4.69, 9.17) is 0 Å². The Morgan fingerprint density at radius 1 is 1.25 bits per heavy atom. The van der Waals surface area contributed by atoms with E-state index < -0.39 is 0 Å². The van der Waals surface area contributed by atoms with Gasteiger partial charge < -0.3 is 10.6 Å². The van der Waals surface area contributed by atoms with Gasteiger partial charge >= 0.3 is 0 Å². The Kier molecular flexibility index (Phi) is 4.89. The van der Waals surface area contributed by atoms with Gasteiger partial charge in [-0.2, -0.15) is 0 Å². The summed E-state index contributed by atoms with van der Waals surface area (Å²) < 4.78 is 13.7. The largest absolute Gasteiger partial charge is 0.373 e. The van der Waals surface area contributed by atoms with Gasteiger partial charge in [-0.05, 0) is 40.5 Å². The van der Waals surface area contributed by atoms with Crippen molar-refractivity contribution < 1.29 is 4.39 Å². The SMILES string of the molecule is CCCc1c(NC)ncnc1Nc1ccc(F)c(Br)c1. The highest BCUT2D eigenvalue weighted by Crippen LogP contribution is 2.27. The number of aromatic nitrogens is 2. The molecule has 6 heteroatoms. The Balaban J connectivity index is 2.34. The van der Waals surface area contributed by atoms with Crippen molar-refractivity contribution in [2.24, 2.45) is 0 Å². The first-order valence-electron chi connectivity index (χ1n) is 6.39. The fraction of sp³-hybridized carbons (Fsp3) is 0.286. The summed E-state index contributed by atoms with van der Waals surface area (Å²) in [5.74, 6) is 1.26. The third kappa shape index (κ3) is 3.25. The van der Waals surface area contributed by atoms with Crippen molar-refractivity contribution in [1.82, 2.24) is 9.97 Å².